The molecule has 2 aliphatic rings. The van der Waals surface area contributed by atoms with Gasteiger partial charge in [0.05, 0.1) is 0 Å². The Hall–Kier alpha value is -0.0800. The van der Waals surface area contributed by atoms with Crippen LogP contribution in [-0.4, -0.2) is 25.8 Å². The van der Waals surface area contributed by atoms with Crippen molar-refractivity contribution in [3.63, 3.8) is 0 Å². The van der Waals surface area contributed by atoms with Gasteiger partial charge in [-0.15, -0.1) is 0 Å². The normalized spacial score (nSPS) is 25.8. The van der Waals surface area contributed by atoms with E-state index in [-0.39, 0.29) is 0 Å². The first-order chi connectivity index (χ1) is 8.24. The summed E-state index contributed by atoms with van der Waals surface area (Å²) in [7, 11) is 0. The van der Waals surface area contributed by atoms with Crippen molar-refractivity contribution in [2.24, 2.45) is 11.3 Å². The predicted molar refractivity (Wildman–Crippen MR) is 72.2 cm³/mol. The van der Waals surface area contributed by atoms with Crippen molar-refractivity contribution in [2.75, 3.05) is 19.8 Å². The minimum Gasteiger partial charge on any atom is -0.381 e. The van der Waals surface area contributed by atoms with Crippen LogP contribution in [0.25, 0.3) is 0 Å². The summed E-state index contributed by atoms with van der Waals surface area (Å²) in [5.41, 5.74) is 0.537. The molecule has 0 aromatic heterocycles. The maximum atomic E-state index is 5.56. The molecule has 1 N–H and O–H groups in total. The molecule has 1 unspecified atom stereocenters. The summed E-state index contributed by atoms with van der Waals surface area (Å²) in [5.74, 6) is 0.874. The van der Waals surface area contributed by atoms with Gasteiger partial charge in [-0.3, -0.25) is 0 Å². The number of nitrogens with one attached hydrogen (secondary N) is 1. The van der Waals surface area contributed by atoms with E-state index in [4.69, 9.17) is 4.74 Å². The van der Waals surface area contributed by atoms with Crippen LogP contribution in [0.3, 0.4) is 0 Å². The van der Waals surface area contributed by atoms with E-state index in [2.05, 4.69) is 19.2 Å². The lowest BCUT2D eigenvalue weighted by Gasteiger charge is -2.39. The highest BCUT2D eigenvalue weighted by Gasteiger charge is 2.35. The summed E-state index contributed by atoms with van der Waals surface area (Å²) in [6, 6.07) is 0.844. The first kappa shape index (κ1) is 13.4. The van der Waals surface area contributed by atoms with E-state index in [0.29, 0.717) is 5.41 Å². The number of hydrogen-bond acceptors (Lipinski definition) is 2. The minimum absolute atomic E-state index is 0.537. The maximum Gasteiger partial charge on any atom is 0.0471 e. The predicted octanol–water partition coefficient (Wildman–Crippen LogP) is 3.36. The monoisotopic (exact) mass is 239 g/mol. The molecule has 0 aromatic rings. The van der Waals surface area contributed by atoms with Crippen LogP contribution in [0.5, 0.6) is 0 Å². The Morgan fingerprint density at radius 1 is 1.29 bits per heavy atom. The molecule has 100 valence electrons. The second-order valence-electron chi connectivity index (χ2n) is 6.37. The molecule has 1 saturated carbocycles. The lowest BCUT2D eigenvalue weighted by atomic mass is 9.73. The Labute approximate surface area is 107 Å². The molecule has 1 saturated heterocycles. The maximum absolute atomic E-state index is 5.56. The van der Waals surface area contributed by atoms with E-state index >= 15 is 0 Å². The van der Waals surface area contributed by atoms with E-state index in [1.54, 1.807) is 0 Å². The third kappa shape index (κ3) is 4.26. The molecule has 17 heavy (non-hydrogen) atoms. The van der Waals surface area contributed by atoms with E-state index in [1.807, 2.05) is 0 Å². The fourth-order valence-corrected chi connectivity index (χ4v) is 3.24. The molecule has 0 bridgehead atoms. The number of rotatable bonds is 7. The zero-order valence-electron chi connectivity index (χ0n) is 11.6. The summed E-state index contributed by atoms with van der Waals surface area (Å²) in [5, 5.41) is 3.76. The van der Waals surface area contributed by atoms with Crippen LogP contribution in [0.1, 0.15) is 58.8 Å². The molecule has 2 fully saturated rings. The van der Waals surface area contributed by atoms with Gasteiger partial charge in [0.1, 0.15) is 0 Å². The fourth-order valence-electron chi connectivity index (χ4n) is 3.24. The van der Waals surface area contributed by atoms with Gasteiger partial charge in [0, 0.05) is 25.8 Å². The van der Waals surface area contributed by atoms with Gasteiger partial charge in [-0.25, -0.2) is 0 Å². The quantitative estimate of drug-likeness (QED) is 0.735. The highest BCUT2D eigenvalue weighted by atomic mass is 16.5. The molecule has 0 aromatic carbocycles. The average molecular weight is 239 g/mol. The van der Waals surface area contributed by atoms with Gasteiger partial charge in [0.2, 0.25) is 0 Å². The summed E-state index contributed by atoms with van der Waals surface area (Å²) in [6.07, 6.45) is 9.43. The third-order valence-corrected chi connectivity index (χ3v) is 4.46. The van der Waals surface area contributed by atoms with Crippen molar-refractivity contribution < 1.29 is 4.74 Å². The number of ether oxygens (including phenoxy) is 1. The second-order valence-corrected chi connectivity index (χ2v) is 6.37. The van der Waals surface area contributed by atoms with E-state index in [0.717, 1.165) is 25.2 Å². The molecule has 0 radical (unpaired) electrons. The zero-order chi connectivity index (χ0) is 12.1. The molecule has 1 aliphatic carbocycles. The van der Waals surface area contributed by atoms with Gasteiger partial charge in [0.15, 0.2) is 0 Å². The Kier molecular flexibility index (Phi) is 4.87. The van der Waals surface area contributed by atoms with E-state index < -0.39 is 0 Å². The van der Waals surface area contributed by atoms with Gasteiger partial charge in [-0.05, 0) is 43.4 Å². The topological polar surface area (TPSA) is 21.3 Å². The molecule has 0 amide bonds. The SMILES string of the molecule is CCCC(C)CC1(CNC2CC2)CCOCC1. The molecule has 2 heteroatoms. The van der Waals surface area contributed by atoms with E-state index in [9.17, 15) is 0 Å². The Balaban J connectivity index is 1.84. The summed E-state index contributed by atoms with van der Waals surface area (Å²) < 4.78 is 5.56. The van der Waals surface area contributed by atoms with Crippen LogP contribution in [-0.2, 0) is 4.74 Å². The van der Waals surface area contributed by atoms with Gasteiger partial charge in [0.25, 0.3) is 0 Å². The molecule has 1 atom stereocenters. The summed E-state index contributed by atoms with van der Waals surface area (Å²) in [6.45, 7) is 7.92. The Bertz CT molecular complexity index is 219. The zero-order valence-corrected chi connectivity index (χ0v) is 11.6. The molecular weight excluding hydrogens is 210 g/mol. The average Bonchev–Trinajstić information content (AvgIpc) is 3.12. The molecular formula is C15H29NO. The summed E-state index contributed by atoms with van der Waals surface area (Å²) >= 11 is 0. The standard InChI is InChI=1S/C15H29NO/c1-3-4-13(2)11-15(7-9-17-10-8-15)12-16-14-5-6-14/h13-14,16H,3-12H2,1-2H3. The number of hydrogen-bond donors (Lipinski definition) is 1. The molecule has 2 nitrogen and oxygen atoms in total. The minimum atomic E-state index is 0.537. The Morgan fingerprint density at radius 3 is 2.59 bits per heavy atom. The van der Waals surface area contributed by atoms with Crippen molar-refractivity contribution in [2.45, 2.75) is 64.8 Å². The van der Waals surface area contributed by atoms with Gasteiger partial charge in [-0.2, -0.15) is 0 Å². The summed E-state index contributed by atoms with van der Waals surface area (Å²) in [4.78, 5) is 0. The van der Waals surface area contributed by atoms with Crippen molar-refractivity contribution >= 4 is 0 Å². The first-order valence-electron chi connectivity index (χ1n) is 7.55. The molecule has 1 heterocycles. The van der Waals surface area contributed by atoms with Crippen LogP contribution < -0.4 is 5.32 Å². The van der Waals surface area contributed by atoms with Crippen molar-refractivity contribution in [1.29, 1.82) is 0 Å². The molecule has 2 rings (SSSR count). The van der Waals surface area contributed by atoms with Crippen molar-refractivity contribution in [3.05, 3.63) is 0 Å². The highest BCUT2D eigenvalue weighted by molar-refractivity contribution is 4.90. The van der Waals surface area contributed by atoms with Crippen LogP contribution in [0, 0.1) is 11.3 Å². The van der Waals surface area contributed by atoms with Gasteiger partial charge in [-0.1, -0.05) is 26.7 Å². The fraction of sp³-hybridized carbons (Fsp3) is 1.00. The lowest BCUT2D eigenvalue weighted by molar-refractivity contribution is 0.00245. The third-order valence-electron chi connectivity index (χ3n) is 4.46. The Morgan fingerprint density at radius 2 is 2.00 bits per heavy atom. The smallest absolute Gasteiger partial charge is 0.0471 e. The van der Waals surface area contributed by atoms with Crippen molar-refractivity contribution in [1.82, 2.24) is 5.32 Å². The molecule has 0 spiro atoms. The van der Waals surface area contributed by atoms with Crippen LogP contribution >= 0.6 is 0 Å². The van der Waals surface area contributed by atoms with Crippen LogP contribution in [0.2, 0.25) is 0 Å². The van der Waals surface area contributed by atoms with Crippen LogP contribution in [0.4, 0.5) is 0 Å². The van der Waals surface area contributed by atoms with E-state index in [1.165, 1.54) is 51.5 Å². The second kappa shape index (κ2) is 6.19. The highest BCUT2D eigenvalue weighted by Crippen LogP contribution is 2.38. The van der Waals surface area contributed by atoms with Gasteiger partial charge >= 0.3 is 0 Å². The van der Waals surface area contributed by atoms with Crippen LogP contribution in [0.15, 0.2) is 0 Å². The van der Waals surface area contributed by atoms with Crippen molar-refractivity contribution in [3.8, 4) is 0 Å². The largest absolute Gasteiger partial charge is 0.381 e. The lowest BCUT2D eigenvalue weighted by Crippen LogP contribution is -2.41. The first-order valence-corrected chi connectivity index (χ1v) is 7.55. The molecule has 1 aliphatic heterocycles. The van der Waals surface area contributed by atoms with Gasteiger partial charge < -0.3 is 10.1 Å².